The van der Waals surface area contributed by atoms with Gasteiger partial charge in [0.1, 0.15) is 0 Å². The molecule has 0 aliphatic heterocycles. The first kappa shape index (κ1) is 17.9. The summed E-state index contributed by atoms with van der Waals surface area (Å²) in [6, 6.07) is 7.50. The maximum absolute atomic E-state index is 11.9. The fraction of sp³-hybridized carbons (Fsp3) is 0.412. The van der Waals surface area contributed by atoms with Crippen LogP contribution in [0.3, 0.4) is 0 Å². The molecule has 0 aromatic heterocycles. The lowest BCUT2D eigenvalue weighted by Gasteiger charge is -2.11. The lowest BCUT2D eigenvalue weighted by Crippen LogP contribution is -2.24. The van der Waals surface area contributed by atoms with Crippen molar-refractivity contribution in [3.63, 3.8) is 0 Å². The van der Waals surface area contributed by atoms with Crippen LogP contribution in [0.15, 0.2) is 36.4 Å². The average molecular weight is 303 g/mol. The maximum Gasteiger partial charge on any atom is 0.253 e. The van der Waals surface area contributed by atoms with Gasteiger partial charge in [0.15, 0.2) is 0 Å². The summed E-state index contributed by atoms with van der Waals surface area (Å²) in [6.07, 6.45) is 4.07. The van der Waals surface area contributed by atoms with Gasteiger partial charge in [-0.25, -0.2) is 0 Å². The van der Waals surface area contributed by atoms with Crippen LogP contribution in [-0.4, -0.2) is 62.9 Å². The summed E-state index contributed by atoms with van der Waals surface area (Å²) in [7, 11) is 7.36. The monoisotopic (exact) mass is 303 g/mol. The summed E-state index contributed by atoms with van der Waals surface area (Å²) in [5.41, 5.74) is 1.70. The van der Waals surface area contributed by atoms with Gasteiger partial charge in [-0.15, -0.1) is 0 Å². The molecule has 0 saturated heterocycles. The van der Waals surface area contributed by atoms with Crippen LogP contribution in [0.5, 0.6) is 0 Å². The van der Waals surface area contributed by atoms with Crippen molar-refractivity contribution in [1.82, 2.24) is 15.1 Å². The highest BCUT2D eigenvalue weighted by atomic mass is 16.2. The minimum atomic E-state index is -0.0950. The molecular formula is C17H25N3O2. The van der Waals surface area contributed by atoms with Crippen molar-refractivity contribution >= 4 is 11.8 Å². The molecule has 0 aliphatic carbocycles. The molecule has 1 aromatic carbocycles. The standard InChI is InChI=1S/C17H25N3O2/c1-19(2)12-6-9-16(21)18-11-10-14-7-5-8-15(13-14)17(22)20(3)4/h5-9,13H,10-12H2,1-4H3,(H,18,21)/b9-6+. The maximum atomic E-state index is 11.9. The average Bonchev–Trinajstić information content (AvgIpc) is 2.46. The van der Waals surface area contributed by atoms with Crippen LogP contribution in [0, 0.1) is 0 Å². The van der Waals surface area contributed by atoms with Crippen LogP contribution in [0.1, 0.15) is 15.9 Å². The second-order valence-corrected chi connectivity index (χ2v) is 5.61. The molecule has 1 aromatic rings. The van der Waals surface area contributed by atoms with E-state index in [1.807, 2.05) is 43.3 Å². The van der Waals surface area contributed by atoms with E-state index in [1.54, 1.807) is 31.1 Å². The predicted molar refractivity (Wildman–Crippen MR) is 88.9 cm³/mol. The molecule has 1 N–H and O–H groups in total. The van der Waals surface area contributed by atoms with Crippen molar-refractivity contribution in [1.29, 1.82) is 0 Å². The molecule has 0 fully saturated rings. The van der Waals surface area contributed by atoms with Crippen molar-refractivity contribution in [2.75, 3.05) is 41.3 Å². The molecule has 0 aliphatic rings. The number of carbonyl (C=O) groups is 2. The third-order valence-corrected chi connectivity index (χ3v) is 3.03. The Morgan fingerprint density at radius 3 is 2.55 bits per heavy atom. The third-order valence-electron chi connectivity index (χ3n) is 3.03. The SMILES string of the molecule is CN(C)C/C=C/C(=O)NCCc1cccc(C(=O)N(C)C)c1. The number of likely N-dealkylation sites (N-methyl/N-ethyl adjacent to an activating group) is 1. The van der Waals surface area contributed by atoms with Gasteiger partial charge in [-0.2, -0.15) is 0 Å². The van der Waals surface area contributed by atoms with Crippen molar-refractivity contribution in [2.24, 2.45) is 0 Å². The number of hydrogen-bond acceptors (Lipinski definition) is 3. The van der Waals surface area contributed by atoms with Gasteiger partial charge >= 0.3 is 0 Å². The van der Waals surface area contributed by atoms with Crippen LogP contribution >= 0.6 is 0 Å². The fourth-order valence-corrected chi connectivity index (χ4v) is 1.88. The highest BCUT2D eigenvalue weighted by molar-refractivity contribution is 5.94. The number of hydrogen-bond donors (Lipinski definition) is 1. The number of carbonyl (C=O) groups excluding carboxylic acids is 2. The molecule has 0 saturated carbocycles. The van der Waals surface area contributed by atoms with E-state index in [0.717, 1.165) is 12.1 Å². The molecule has 0 heterocycles. The van der Waals surface area contributed by atoms with Crippen molar-refractivity contribution < 1.29 is 9.59 Å². The van der Waals surface area contributed by atoms with Crippen LogP contribution < -0.4 is 5.32 Å². The van der Waals surface area contributed by atoms with Gasteiger partial charge in [-0.1, -0.05) is 18.2 Å². The van der Waals surface area contributed by atoms with E-state index < -0.39 is 0 Å². The Morgan fingerprint density at radius 1 is 1.18 bits per heavy atom. The van der Waals surface area contributed by atoms with Gasteiger partial charge in [0.05, 0.1) is 0 Å². The molecule has 5 nitrogen and oxygen atoms in total. The van der Waals surface area contributed by atoms with Crippen LogP contribution in [0.25, 0.3) is 0 Å². The van der Waals surface area contributed by atoms with E-state index in [1.165, 1.54) is 0 Å². The topological polar surface area (TPSA) is 52.7 Å². The first-order valence-electron chi connectivity index (χ1n) is 7.30. The quantitative estimate of drug-likeness (QED) is 0.769. The smallest absolute Gasteiger partial charge is 0.253 e. The molecule has 0 unspecified atom stereocenters. The Bertz CT molecular complexity index is 536. The Kier molecular flexibility index (Phi) is 7.32. The molecule has 2 amide bonds. The van der Waals surface area contributed by atoms with E-state index in [2.05, 4.69) is 5.32 Å². The molecule has 0 bridgehead atoms. The van der Waals surface area contributed by atoms with Gasteiger partial charge < -0.3 is 15.1 Å². The Labute approximate surface area is 132 Å². The normalized spacial score (nSPS) is 11.0. The first-order valence-corrected chi connectivity index (χ1v) is 7.30. The lowest BCUT2D eigenvalue weighted by molar-refractivity contribution is -0.116. The summed E-state index contributed by atoms with van der Waals surface area (Å²) in [5.74, 6) is -0.111. The minimum Gasteiger partial charge on any atom is -0.352 e. The molecular weight excluding hydrogens is 278 g/mol. The number of nitrogens with zero attached hydrogens (tertiary/aromatic N) is 2. The fourth-order valence-electron chi connectivity index (χ4n) is 1.88. The van der Waals surface area contributed by atoms with Gasteiger partial charge in [0, 0.05) is 38.8 Å². The van der Waals surface area contributed by atoms with Crippen molar-refractivity contribution in [3.8, 4) is 0 Å². The summed E-state index contributed by atoms with van der Waals surface area (Å²) >= 11 is 0. The van der Waals surface area contributed by atoms with E-state index >= 15 is 0 Å². The lowest BCUT2D eigenvalue weighted by atomic mass is 10.1. The Balaban J connectivity index is 2.45. The number of benzene rings is 1. The summed E-state index contributed by atoms with van der Waals surface area (Å²) in [5, 5.41) is 2.84. The zero-order chi connectivity index (χ0) is 16.5. The van der Waals surface area contributed by atoms with E-state index in [0.29, 0.717) is 18.5 Å². The number of nitrogens with one attached hydrogen (secondary N) is 1. The zero-order valence-electron chi connectivity index (χ0n) is 13.8. The van der Waals surface area contributed by atoms with E-state index in [4.69, 9.17) is 0 Å². The van der Waals surface area contributed by atoms with Crippen LogP contribution in [0.4, 0.5) is 0 Å². The number of amides is 2. The molecule has 22 heavy (non-hydrogen) atoms. The van der Waals surface area contributed by atoms with Gasteiger partial charge in [-0.3, -0.25) is 9.59 Å². The molecule has 0 radical (unpaired) electrons. The van der Waals surface area contributed by atoms with Gasteiger partial charge in [-0.05, 0) is 38.2 Å². The highest BCUT2D eigenvalue weighted by Gasteiger charge is 2.08. The molecule has 0 spiro atoms. The second kappa shape index (κ2) is 9.00. The summed E-state index contributed by atoms with van der Waals surface area (Å²) in [6.45, 7) is 1.28. The van der Waals surface area contributed by atoms with E-state index in [-0.39, 0.29) is 11.8 Å². The van der Waals surface area contributed by atoms with Crippen molar-refractivity contribution in [3.05, 3.63) is 47.5 Å². The Morgan fingerprint density at radius 2 is 1.91 bits per heavy atom. The van der Waals surface area contributed by atoms with E-state index in [9.17, 15) is 9.59 Å². The molecule has 1 rings (SSSR count). The van der Waals surface area contributed by atoms with Crippen molar-refractivity contribution in [2.45, 2.75) is 6.42 Å². The molecule has 0 atom stereocenters. The Hall–Kier alpha value is -2.14. The number of rotatable bonds is 7. The second-order valence-electron chi connectivity index (χ2n) is 5.61. The zero-order valence-corrected chi connectivity index (χ0v) is 13.8. The third kappa shape index (κ3) is 6.54. The largest absolute Gasteiger partial charge is 0.352 e. The minimum absolute atomic E-state index is 0.0162. The highest BCUT2D eigenvalue weighted by Crippen LogP contribution is 2.07. The van der Waals surface area contributed by atoms with Gasteiger partial charge in [0.25, 0.3) is 5.91 Å². The molecule has 120 valence electrons. The van der Waals surface area contributed by atoms with Crippen LogP contribution in [-0.2, 0) is 11.2 Å². The van der Waals surface area contributed by atoms with Gasteiger partial charge in [0.2, 0.25) is 5.91 Å². The summed E-state index contributed by atoms with van der Waals surface area (Å²) in [4.78, 5) is 27.0. The predicted octanol–water partition coefficient (Wildman–Crippen LogP) is 1.16. The van der Waals surface area contributed by atoms with Crippen LogP contribution in [0.2, 0.25) is 0 Å². The summed E-state index contributed by atoms with van der Waals surface area (Å²) < 4.78 is 0. The molecule has 5 heteroatoms. The first-order chi connectivity index (χ1) is 10.4.